The molecular weight excluding hydrogens is 365 g/mol. The number of aromatic nitrogens is 2. The molecule has 0 amide bonds. The second-order valence-electron chi connectivity index (χ2n) is 5.34. The van der Waals surface area contributed by atoms with E-state index in [4.69, 9.17) is 27.7 Å². The van der Waals surface area contributed by atoms with Crippen molar-refractivity contribution in [2.24, 2.45) is 0 Å². The first kappa shape index (κ1) is 17.3. The van der Waals surface area contributed by atoms with E-state index in [2.05, 4.69) is 15.5 Å². The van der Waals surface area contributed by atoms with Gasteiger partial charge in [0, 0.05) is 11.8 Å². The molecule has 3 rings (SSSR count). The molecule has 0 aliphatic carbocycles. The highest BCUT2D eigenvalue weighted by Gasteiger charge is 2.18. The van der Waals surface area contributed by atoms with Gasteiger partial charge in [0.25, 0.3) is 0 Å². The lowest BCUT2D eigenvalue weighted by atomic mass is 10.0. The third-order valence-corrected chi connectivity index (χ3v) is 4.24. The van der Waals surface area contributed by atoms with Crippen LogP contribution < -0.4 is 5.32 Å². The molecule has 0 atom stereocenters. The molecule has 0 saturated heterocycles. The molecule has 2 aromatic heterocycles. The topological polar surface area (TPSA) is 88.3 Å². The van der Waals surface area contributed by atoms with Crippen molar-refractivity contribution in [3.05, 3.63) is 57.5 Å². The molecule has 2 N–H and O–H groups in total. The van der Waals surface area contributed by atoms with Crippen molar-refractivity contribution >= 4 is 40.7 Å². The number of benzene rings is 1. The Bertz CT molecular complexity index is 927. The van der Waals surface area contributed by atoms with Gasteiger partial charge in [0.15, 0.2) is 0 Å². The minimum atomic E-state index is -1.10. The molecule has 2 heterocycles. The van der Waals surface area contributed by atoms with Gasteiger partial charge < -0.3 is 14.9 Å². The third kappa shape index (κ3) is 3.31. The lowest BCUT2D eigenvalue weighted by Crippen LogP contribution is -2.05. The minimum Gasteiger partial charge on any atom is -0.478 e. The Labute approximate surface area is 153 Å². The van der Waals surface area contributed by atoms with Gasteiger partial charge in [0.1, 0.15) is 17.1 Å². The molecule has 0 saturated carbocycles. The lowest BCUT2D eigenvalue weighted by molar-refractivity contribution is 0.0697. The molecule has 0 aliphatic rings. The van der Waals surface area contributed by atoms with E-state index in [1.54, 1.807) is 25.1 Å². The number of halogens is 2. The van der Waals surface area contributed by atoms with Gasteiger partial charge in [-0.3, -0.25) is 0 Å². The van der Waals surface area contributed by atoms with Gasteiger partial charge in [-0.25, -0.2) is 9.78 Å². The number of aryl methyl sites for hydroxylation is 2. The number of aromatic carboxylic acids is 1. The van der Waals surface area contributed by atoms with Gasteiger partial charge in [-0.15, -0.1) is 0 Å². The molecular formula is C17H13Cl2N3O3. The third-order valence-electron chi connectivity index (χ3n) is 3.65. The molecule has 128 valence electrons. The number of carbonyl (C=O) groups is 1. The summed E-state index contributed by atoms with van der Waals surface area (Å²) in [5.41, 5.74) is 2.70. The highest BCUT2D eigenvalue weighted by molar-refractivity contribution is 6.39. The Kier molecular flexibility index (Phi) is 4.65. The molecule has 0 aliphatic heterocycles. The molecule has 1 aromatic carbocycles. The van der Waals surface area contributed by atoms with Crippen molar-refractivity contribution in [1.29, 1.82) is 0 Å². The number of carboxylic acids is 1. The Morgan fingerprint density at radius 2 is 1.92 bits per heavy atom. The van der Waals surface area contributed by atoms with Crippen molar-refractivity contribution in [2.45, 2.75) is 13.8 Å². The van der Waals surface area contributed by atoms with E-state index in [0.29, 0.717) is 21.5 Å². The van der Waals surface area contributed by atoms with Gasteiger partial charge in [-0.05, 0) is 43.7 Å². The van der Waals surface area contributed by atoms with E-state index >= 15 is 0 Å². The number of pyridine rings is 1. The fourth-order valence-electron chi connectivity index (χ4n) is 2.53. The van der Waals surface area contributed by atoms with Gasteiger partial charge in [-0.2, -0.15) is 0 Å². The zero-order valence-corrected chi connectivity index (χ0v) is 14.8. The van der Waals surface area contributed by atoms with E-state index < -0.39 is 5.97 Å². The molecule has 0 spiro atoms. The summed E-state index contributed by atoms with van der Waals surface area (Å²) in [5.74, 6) is -0.290. The predicted molar refractivity (Wildman–Crippen MR) is 95.9 cm³/mol. The SMILES string of the molecule is Cc1noc(C)c1-c1cc(Cl)c(Nc2ncccc2C(=O)O)c(Cl)c1. The van der Waals surface area contributed by atoms with Crippen LogP contribution in [0.1, 0.15) is 21.8 Å². The van der Waals surface area contributed by atoms with Gasteiger partial charge in [-0.1, -0.05) is 28.4 Å². The molecule has 6 nitrogen and oxygen atoms in total. The second-order valence-corrected chi connectivity index (χ2v) is 6.16. The zero-order chi connectivity index (χ0) is 18.1. The van der Waals surface area contributed by atoms with Crippen LogP contribution in [-0.4, -0.2) is 21.2 Å². The average Bonchev–Trinajstić information content (AvgIpc) is 2.89. The smallest absolute Gasteiger partial charge is 0.339 e. The fourth-order valence-corrected chi connectivity index (χ4v) is 3.11. The highest BCUT2D eigenvalue weighted by atomic mass is 35.5. The van der Waals surface area contributed by atoms with Crippen molar-refractivity contribution < 1.29 is 14.4 Å². The Morgan fingerprint density at radius 1 is 1.24 bits per heavy atom. The highest BCUT2D eigenvalue weighted by Crippen LogP contribution is 2.39. The first-order chi connectivity index (χ1) is 11.9. The summed E-state index contributed by atoms with van der Waals surface area (Å²) in [4.78, 5) is 15.3. The number of nitrogens with one attached hydrogen (secondary N) is 1. The summed E-state index contributed by atoms with van der Waals surface area (Å²) in [6.45, 7) is 3.63. The summed E-state index contributed by atoms with van der Waals surface area (Å²) in [7, 11) is 0. The van der Waals surface area contributed by atoms with E-state index in [1.807, 2.05) is 6.92 Å². The number of carboxylic acid groups (broad SMARTS) is 1. The molecule has 25 heavy (non-hydrogen) atoms. The Morgan fingerprint density at radius 3 is 2.48 bits per heavy atom. The quantitative estimate of drug-likeness (QED) is 0.657. The van der Waals surface area contributed by atoms with Gasteiger partial charge in [0.05, 0.1) is 21.4 Å². The first-order valence-corrected chi connectivity index (χ1v) is 8.01. The minimum absolute atomic E-state index is 0.0180. The predicted octanol–water partition coefficient (Wildman–Crippen LogP) is 5.10. The molecule has 3 aromatic rings. The summed E-state index contributed by atoms with van der Waals surface area (Å²) in [6.07, 6.45) is 1.48. The molecule has 0 unspecified atom stereocenters. The first-order valence-electron chi connectivity index (χ1n) is 7.26. The number of anilines is 2. The van der Waals surface area contributed by atoms with Crippen LogP contribution in [0.15, 0.2) is 35.0 Å². The summed E-state index contributed by atoms with van der Waals surface area (Å²) >= 11 is 12.7. The van der Waals surface area contributed by atoms with Crippen LogP contribution >= 0.6 is 23.2 Å². The number of nitrogens with zero attached hydrogens (tertiary/aromatic N) is 2. The molecule has 0 radical (unpaired) electrons. The molecule has 0 bridgehead atoms. The Balaban J connectivity index is 2.04. The Hall–Kier alpha value is -2.57. The van der Waals surface area contributed by atoms with E-state index in [9.17, 15) is 9.90 Å². The summed E-state index contributed by atoms with van der Waals surface area (Å²) in [6, 6.07) is 6.41. The standard InChI is InChI=1S/C17H13Cl2N3O3/c1-8-14(9(2)25-22-8)10-6-12(18)15(13(19)7-10)21-16-11(17(23)24)4-3-5-20-16/h3-7H,1-2H3,(H,20,21)(H,23,24). The van der Waals surface area contributed by atoms with Crippen LogP contribution in [0.25, 0.3) is 11.1 Å². The maximum Gasteiger partial charge on any atom is 0.339 e. The summed E-state index contributed by atoms with van der Waals surface area (Å²) < 4.78 is 5.17. The van der Waals surface area contributed by atoms with Crippen LogP contribution in [-0.2, 0) is 0 Å². The van der Waals surface area contributed by atoms with Crippen LogP contribution in [0.5, 0.6) is 0 Å². The van der Waals surface area contributed by atoms with Crippen LogP contribution in [0, 0.1) is 13.8 Å². The molecule has 8 heteroatoms. The van der Waals surface area contributed by atoms with Crippen molar-refractivity contribution in [1.82, 2.24) is 10.1 Å². The van der Waals surface area contributed by atoms with Crippen molar-refractivity contribution in [3.63, 3.8) is 0 Å². The van der Waals surface area contributed by atoms with Gasteiger partial charge in [0.2, 0.25) is 0 Å². The summed E-state index contributed by atoms with van der Waals surface area (Å²) in [5, 5.41) is 16.7. The number of rotatable bonds is 4. The fraction of sp³-hybridized carbons (Fsp3) is 0.118. The lowest BCUT2D eigenvalue weighted by Gasteiger charge is -2.13. The maximum atomic E-state index is 11.3. The monoisotopic (exact) mass is 377 g/mol. The number of hydrogen-bond acceptors (Lipinski definition) is 5. The van der Waals surface area contributed by atoms with Crippen LogP contribution in [0.2, 0.25) is 10.0 Å². The average molecular weight is 378 g/mol. The van der Waals surface area contributed by atoms with Gasteiger partial charge >= 0.3 is 5.97 Å². The normalized spacial score (nSPS) is 10.7. The van der Waals surface area contributed by atoms with Crippen molar-refractivity contribution in [2.75, 3.05) is 5.32 Å². The molecule has 0 fully saturated rings. The second kappa shape index (κ2) is 6.74. The van der Waals surface area contributed by atoms with Crippen molar-refractivity contribution in [3.8, 4) is 11.1 Å². The van der Waals surface area contributed by atoms with Crippen LogP contribution in [0.3, 0.4) is 0 Å². The maximum absolute atomic E-state index is 11.3. The number of hydrogen-bond donors (Lipinski definition) is 2. The van der Waals surface area contributed by atoms with E-state index in [1.165, 1.54) is 12.3 Å². The van der Waals surface area contributed by atoms with E-state index in [0.717, 1.165) is 16.8 Å². The zero-order valence-electron chi connectivity index (χ0n) is 13.3. The van der Waals surface area contributed by atoms with Crippen LogP contribution in [0.4, 0.5) is 11.5 Å². The van der Waals surface area contributed by atoms with E-state index in [-0.39, 0.29) is 11.4 Å². The largest absolute Gasteiger partial charge is 0.478 e.